The van der Waals surface area contributed by atoms with E-state index in [0.717, 1.165) is 30.6 Å². The number of aromatic nitrogens is 3. The topological polar surface area (TPSA) is 77.0 Å². The van der Waals surface area contributed by atoms with Crippen molar-refractivity contribution < 1.29 is 4.79 Å². The van der Waals surface area contributed by atoms with Crippen LogP contribution in [0.5, 0.6) is 0 Å². The number of carbonyl (C=O) groups is 1. The van der Waals surface area contributed by atoms with E-state index < -0.39 is 0 Å². The molecule has 128 valence electrons. The predicted octanol–water partition coefficient (Wildman–Crippen LogP) is 2.08. The molecule has 1 fully saturated rings. The average molecular weight is 327 g/mol. The second kappa shape index (κ2) is 6.73. The number of likely N-dealkylation sites (tertiary alicyclic amines) is 1. The van der Waals surface area contributed by atoms with Gasteiger partial charge in [-0.3, -0.25) is 4.79 Å². The number of benzene rings is 1. The Labute approximate surface area is 142 Å². The van der Waals surface area contributed by atoms with Crippen molar-refractivity contribution in [2.45, 2.75) is 39.7 Å². The summed E-state index contributed by atoms with van der Waals surface area (Å²) in [5, 5.41) is 8.63. The zero-order valence-corrected chi connectivity index (χ0v) is 14.6. The molecule has 1 aliphatic rings. The van der Waals surface area contributed by atoms with Gasteiger partial charge in [-0.15, -0.1) is 0 Å². The van der Waals surface area contributed by atoms with Gasteiger partial charge in [0.2, 0.25) is 0 Å². The summed E-state index contributed by atoms with van der Waals surface area (Å²) in [5.74, 6) is 0.441. The van der Waals surface area contributed by atoms with Crippen LogP contribution in [0.1, 0.15) is 41.4 Å². The Morgan fingerprint density at radius 1 is 1.38 bits per heavy atom. The fourth-order valence-corrected chi connectivity index (χ4v) is 3.47. The molecule has 0 bridgehead atoms. The molecule has 24 heavy (non-hydrogen) atoms. The summed E-state index contributed by atoms with van der Waals surface area (Å²) in [4.78, 5) is 16.7. The highest BCUT2D eigenvalue weighted by molar-refractivity contribution is 5.98. The number of aryl methyl sites for hydroxylation is 2. The minimum Gasteiger partial charge on any atom is -0.334 e. The van der Waals surface area contributed by atoms with Crippen molar-refractivity contribution in [2.75, 3.05) is 13.1 Å². The fraction of sp³-hybridized carbons (Fsp3) is 0.500. The molecule has 0 spiro atoms. The second-order valence-corrected chi connectivity index (χ2v) is 6.72. The molecule has 6 nitrogen and oxygen atoms in total. The van der Waals surface area contributed by atoms with E-state index in [4.69, 9.17) is 5.73 Å². The van der Waals surface area contributed by atoms with Crippen LogP contribution in [0.4, 0.5) is 0 Å². The molecule has 6 heteroatoms. The Balaban J connectivity index is 2.01. The normalized spacial score (nSPS) is 21.1. The second-order valence-electron chi connectivity index (χ2n) is 6.72. The SMILES string of the molecule is Cc1ccc(-n2ncc(C)n2)c(C(=O)N2CCC[C@@H](C)[C@H]2CN)c1. The highest BCUT2D eigenvalue weighted by atomic mass is 16.2. The zero-order chi connectivity index (χ0) is 17.3. The van der Waals surface area contributed by atoms with Gasteiger partial charge < -0.3 is 10.6 Å². The summed E-state index contributed by atoms with van der Waals surface area (Å²) in [6.45, 7) is 7.29. The highest BCUT2D eigenvalue weighted by Gasteiger charge is 2.32. The molecule has 1 aliphatic heterocycles. The summed E-state index contributed by atoms with van der Waals surface area (Å²) in [6.07, 6.45) is 3.83. The van der Waals surface area contributed by atoms with E-state index in [1.54, 1.807) is 6.20 Å². The van der Waals surface area contributed by atoms with Gasteiger partial charge in [-0.2, -0.15) is 15.0 Å². The van der Waals surface area contributed by atoms with Gasteiger partial charge in [0.05, 0.1) is 23.1 Å². The highest BCUT2D eigenvalue weighted by Crippen LogP contribution is 2.26. The molecule has 2 N–H and O–H groups in total. The molecule has 0 unspecified atom stereocenters. The maximum atomic E-state index is 13.3. The van der Waals surface area contributed by atoms with Crippen molar-refractivity contribution in [1.29, 1.82) is 0 Å². The van der Waals surface area contributed by atoms with Crippen LogP contribution < -0.4 is 5.73 Å². The summed E-state index contributed by atoms with van der Waals surface area (Å²) in [7, 11) is 0. The number of rotatable bonds is 3. The van der Waals surface area contributed by atoms with Gasteiger partial charge in [0.15, 0.2) is 0 Å². The predicted molar refractivity (Wildman–Crippen MR) is 93.1 cm³/mol. The molecule has 0 saturated carbocycles. The van der Waals surface area contributed by atoms with Crippen LogP contribution in [-0.4, -0.2) is 44.9 Å². The van der Waals surface area contributed by atoms with Gasteiger partial charge in [-0.25, -0.2) is 0 Å². The summed E-state index contributed by atoms with van der Waals surface area (Å²) in [6, 6.07) is 5.90. The van der Waals surface area contributed by atoms with Gasteiger partial charge in [-0.05, 0) is 44.7 Å². The number of hydrogen-bond acceptors (Lipinski definition) is 4. The minimum atomic E-state index is 0.0191. The molecular formula is C18H25N5O. The van der Waals surface area contributed by atoms with Crippen LogP contribution in [0.3, 0.4) is 0 Å². The number of nitrogens with two attached hydrogens (primary N) is 1. The van der Waals surface area contributed by atoms with Crippen molar-refractivity contribution in [3.8, 4) is 5.69 Å². The monoisotopic (exact) mass is 327 g/mol. The Bertz CT molecular complexity index is 739. The van der Waals surface area contributed by atoms with Crippen molar-refractivity contribution in [2.24, 2.45) is 11.7 Å². The lowest BCUT2D eigenvalue weighted by Gasteiger charge is -2.39. The molecule has 1 amide bonds. The fourth-order valence-electron chi connectivity index (χ4n) is 3.47. The van der Waals surface area contributed by atoms with Gasteiger partial charge >= 0.3 is 0 Å². The molecular weight excluding hydrogens is 302 g/mol. The Hall–Kier alpha value is -2.21. The van der Waals surface area contributed by atoms with E-state index in [2.05, 4.69) is 17.1 Å². The maximum Gasteiger partial charge on any atom is 0.256 e. The Morgan fingerprint density at radius 3 is 2.83 bits per heavy atom. The van der Waals surface area contributed by atoms with Gasteiger partial charge in [0.25, 0.3) is 5.91 Å². The summed E-state index contributed by atoms with van der Waals surface area (Å²) < 4.78 is 0. The van der Waals surface area contributed by atoms with E-state index >= 15 is 0 Å². The molecule has 3 rings (SSSR count). The quantitative estimate of drug-likeness (QED) is 0.936. The van der Waals surface area contributed by atoms with E-state index in [0.29, 0.717) is 23.7 Å². The lowest BCUT2D eigenvalue weighted by Crippen LogP contribution is -2.51. The van der Waals surface area contributed by atoms with E-state index in [1.807, 2.05) is 36.9 Å². The maximum absolute atomic E-state index is 13.3. The van der Waals surface area contributed by atoms with Gasteiger partial charge in [0.1, 0.15) is 0 Å². The van der Waals surface area contributed by atoms with Crippen molar-refractivity contribution in [1.82, 2.24) is 19.9 Å². The molecule has 0 radical (unpaired) electrons. The largest absolute Gasteiger partial charge is 0.334 e. The first-order chi connectivity index (χ1) is 11.5. The van der Waals surface area contributed by atoms with Crippen molar-refractivity contribution >= 4 is 5.91 Å². The number of hydrogen-bond donors (Lipinski definition) is 1. The van der Waals surface area contributed by atoms with Gasteiger partial charge in [-0.1, -0.05) is 18.6 Å². The van der Waals surface area contributed by atoms with Crippen LogP contribution >= 0.6 is 0 Å². The Kier molecular flexibility index (Phi) is 4.66. The lowest BCUT2D eigenvalue weighted by atomic mass is 9.90. The third kappa shape index (κ3) is 3.06. The number of amides is 1. The molecule has 2 atom stereocenters. The first-order valence-electron chi connectivity index (χ1n) is 8.52. The number of carbonyl (C=O) groups excluding carboxylic acids is 1. The summed E-state index contributed by atoms with van der Waals surface area (Å²) >= 11 is 0. The molecule has 2 heterocycles. The molecule has 1 saturated heterocycles. The standard InChI is InChI=1S/C18H25N5O/c1-12-6-7-16(23-20-11-14(3)21-23)15(9-12)18(24)22-8-4-5-13(2)17(22)10-19/h6-7,9,11,13,17H,4-5,8,10,19H2,1-3H3/t13-,17-/m1/s1. The van der Waals surface area contributed by atoms with Crippen LogP contribution in [0.2, 0.25) is 0 Å². The average Bonchev–Trinajstić information content (AvgIpc) is 3.00. The first-order valence-corrected chi connectivity index (χ1v) is 8.52. The van der Waals surface area contributed by atoms with Crippen LogP contribution in [-0.2, 0) is 0 Å². The first kappa shape index (κ1) is 16.6. The minimum absolute atomic E-state index is 0.0191. The van der Waals surface area contributed by atoms with Crippen molar-refractivity contribution in [3.05, 3.63) is 41.2 Å². The number of nitrogens with zero attached hydrogens (tertiary/aromatic N) is 4. The zero-order valence-electron chi connectivity index (χ0n) is 14.6. The number of piperidine rings is 1. The molecule has 2 aromatic rings. The summed E-state index contributed by atoms with van der Waals surface area (Å²) in [5.41, 5.74) is 9.17. The van der Waals surface area contributed by atoms with E-state index in [9.17, 15) is 4.79 Å². The van der Waals surface area contributed by atoms with Crippen LogP contribution in [0.25, 0.3) is 5.69 Å². The smallest absolute Gasteiger partial charge is 0.256 e. The van der Waals surface area contributed by atoms with Gasteiger partial charge in [0, 0.05) is 19.1 Å². The van der Waals surface area contributed by atoms with E-state index in [-0.39, 0.29) is 11.9 Å². The van der Waals surface area contributed by atoms with Crippen LogP contribution in [0.15, 0.2) is 24.4 Å². The Morgan fingerprint density at radius 2 is 2.17 bits per heavy atom. The van der Waals surface area contributed by atoms with Crippen molar-refractivity contribution in [3.63, 3.8) is 0 Å². The third-order valence-corrected chi connectivity index (χ3v) is 4.82. The molecule has 1 aromatic carbocycles. The van der Waals surface area contributed by atoms with Crippen LogP contribution in [0, 0.1) is 19.8 Å². The molecule has 1 aromatic heterocycles. The lowest BCUT2D eigenvalue weighted by molar-refractivity contribution is 0.0532. The van der Waals surface area contributed by atoms with E-state index in [1.165, 1.54) is 4.80 Å². The third-order valence-electron chi connectivity index (χ3n) is 4.82. The molecule has 0 aliphatic carbocycles.